The average Bonchev–Trinajstić information content (AvgIpc) is 3.29. The molecule has 0 aliphatic rings. The van der Waals surface area contributed by atoms with Crippen molar-refractivity contribution in [3.05, 3.63) is 86.3 Å². The van der Waals surface area contributed by atoms with E-state index in [1.807, 2.05) is 0 Å². The first-order valence-corrected chi connectivity index (χ1v) is 9.05. The molecule has 164 valence electrons. The molecule has 0 aliphatic carbocycles. The largest absolute Gasteiger partial charge is 0.477 e. The number of ether oxygens (including phenoxy) is 1. The standard InChI is InChI=1S/C20H16N4O8/c1-12-4-6-14(22-20(26)18-3-2-8-31-18)15(9-12)21-19(25)11-32-17-7-5-13(23(27)28)10-16(17)24(29)30/h2-10H,11H2,1H3,(H,21,25)(H,22,26). The van der Waals surface area contributed by atoms with Crippen molar-refractivity contribution in [1.29, 1.82) is 0 Å². The lowest BCUT2D eigenvalue weighted by Crippen LogP contribution is -2.22. The van der Waals surface area contributed by atoms with Gasteiger partial charge in [-0.15, -0.1) is 0 Å². The molecular formula is C20H16N4O8. The summed E-state index contributed by atoms with van der Waals surface area (Å²) in [6, 6.07) is 10.8. The van der Waals surface area contributed by atoms with Gasteiger partial charge in [-0.25, -0.2) is 0 Å². The summed E-state index contributed by atoms with van der Waals surface area (Å²) < 4.78 is 10.2. The molecule has 0 spiro atoms. The number of carbonyl (C=O) groups excluding carboxylic acids is 2. The van der Waals surface area contributed by atoms with E-state index in [2.05, 4.69) is 10.6 Å². The SMILES string of the molecule is Cc1ccc(NC(=O)c2ccco2)c(NC(=O)COc2ccc([N+](=O)[O-])cc2[N+](=O)[O-])c1. The lowest BCUT2D eigenvalue weighted by atomic mass is 10.2. The zero-order valence-corrected chi connectivity index (χ0v) is 16.6. The Kier molecular flexibility index (Phi) is 6.44. The van der Waals surface area contributed by atoms with E-state index in [0.29, 0.717) is 5.69 Å². The summed E-state index contributed by atoms with van der Waals surface area (Å²) >= 11 is 0. The number of amides is 2. The van der Waals surface area contributed by atoms with Gasteiger partial charge in [0.2, 0.25) is 0 Å². The van der Waals surface area contributed by atoms with Crippen molar-refractivity contribution in [3.63, 3.8) is 0 Å². The summed E-state index contributed by atoms with van der Waals surface area (Å²) in [5.74, 6) is -1.41. The number of nitrogens with one attached hydrogen (secondary N) is 2. The maximum atomic E-state index is 12.4. The highest BCUT2D eigenvalue weighted by Crippen LogP contribution is 2.31. The van der Waals surface area contributed by atoms with Crippen LogP contribution in [0, 0.1) is 27.2 Å². The number of hydrogen-bond donors (Lipinski definition) is 2. The van der Waals surface area contributed by atoms with E-state index < -0.39 is 39.6 Å². The molecule has 2 N–H and O–H groups in total. The lowest BCUT2D eigenvalue weighted by molar-refractivity contribution is -0.394. The molecule has 32 heavy (non-hydrogen) atoms. The van der Waals surface area contributed by atoms with Gasteiger partial charge in [-0.1, -0.05) is 6.07 Å². The fraction of sp³-hybridized carbons (Fsp3) is 0.100. The highest BCUT2D eigenvalue weighted by molar-refractivity contribution is 6.06. The number of anilines is 2. The van der Waals surface area contributed by atoms with Crippen LogP contribution in [0.1, 0.15) is 16.1 Å². The number of nitro groups is 2. The predicted molar refractivity (Wildman–Crippen MR) is 112 cm³/mol. The highest BCUT2D eigenvalue weighted by Gasteiger charge is 2.21. The van der Waals surface area contributed by atoms with Gasteiger partial charge in [-0.3, -0.25) is 29.8 Å². The number of furan rings is 1. The molecule has 12 nitrogen and oxygen atoms in total. The number of benzene rings is 2. The molecule has 0 unspecified atom stereocenters. The summed E-state index contributed by atoms with van der Waals surface area (Å²) in [6.45, 7) is 1.17. The van der Waals surface area contributed by atoms with Crippen molar-refractivity contribution in [2.75, 3.05) is 17.2 Å². The maximum absolute atomic E-state index is 12.4. The van der Waals surface area contributed by atoms with Crippen molar-refractivity contribution < 1.29 is 28.6 Å². The van der Waals surface area contributed by atoms with Crippen LogP contribution in [0.5, 0.6) is 5.75 Å². The van der Waals surface area contributed by atoms with Crippen LogP contribution in [0.2, 0.25) is 0 Å². The number of nitro benzene ring substituents is 2. The predicted octanol–water partition coefficient (Wildman–Crippen LogP) is 3.67. The first-order chi connectivity index (χ1) is 15.2. The van der Waals surface area contributed by atoms with Crippen LogP contribution in [0.4, 0.5) is 22.7 Å². The minimum absolute atomic E-state index is 0.0802. The summed E-state index contributed by atoms with van der Waals surface area (Å²) in [5, 5.41) is 27.2. The summed E-state index contributed by atoms with van der Waals surface area (Å²) in [4.78, 5) is 45.0. The molecule has 0 atom stereocenters. The number of nitrogens with zero attached hydrogens (tertiary/aromatic N) is 2. The zero-order chi connectivity index (χ0) is 23.3. The van der Waals surface area contributed by atoms with Gasteiger partial charge >= 0.3 is 5.69 Å². The van der Waals surface area contributed by atoms with Crippen molar-refractivity contribution in [3.8, 4) is 5.75 Å². The molecule has 2 aromatic carbocycles. The molecule has 0 radical (unpaired) electrons. The highest BCUT2D eigenvalue weighted by atomic mass is 16.6. The Hall–Kier alpha value is -4.74. The third kappa shape index (κ3) is 5.24. The second-order valence-corrected chi connectivity index (χ2v) is 6.48. The summed E-state index contributed by atoms with van der Waals surface area (Å²) in [6.07, 6.45) is 1.35. The van der Waals surface area contributed by atoms with Gasteiger partial charge in [0.15, 0.2) is 18.1 Å². The molecule has 12 heteroatoms. The Bertz CT molecular complexity index is 1190. The molecule has 3 rings (SSSR count). The molecule has 0 saturated carbocycles. The first-order valence-electron chi connectivity index (χ1n) is 9.05. The topological polar surface area (TPSA) is 167 Å². The van der Waals surface area contributed by atoms with Crippen molar-refractivity contribution in [2.24, 2.45) is 0 Å². The third-order valence-corrected chi connectivity index (χ3v) is 4.15. The van der Waals surface area contributed by atoms with E-state index in [0.717, 1.165) is 23.8 Å². The van der Waals surface area contributed by atoms with Gasteiger partial charge in [0.25, 0.3) is 17.5 Å². The van der Waals surface area contributed by atoms with Gasteiger partial charge in [0, 0.05) is 6.07 Å². The van der Waals surface area contributed by atoms with Crippen LogP contribution < -0.4 is 15.4 Å². The third-order valence-electron chi connectivity index (χ3n) is 4.15. The molecule has 1 aromatic heterocycles. The zero-order valence-electron chi connectivity index (χ0n) is 16.6. The van der Waals surface area contributed by atoms with E-state index in [9.17, 15) is 29.8 Å². The van der Waals surface area contributed by atoms with Crippen LogP contribution in [0.15, 0.2) is 59.2 Å². The van der Waals surface area contributed by atoms with E-state index in [1.54, 1.807) is 31.2 Å². The summed E-state index contributed by atoms with van der Waals surface area (Å²) in [5.41, 5.74) is 0.241. The van der Waals surface area contributed by atoms with Crippen molar-refractivity contribution >= 4 is 34.6 Å². The fourth-order valence-corrected chi connectivity index (χ4v) is 2.68. The quantitative estimate of drug-likeness (QED) is 0.395. The monoisotopic (exact) mass is 440 g/mol. The molecule has 3 aromatic rings. The van der Waals surface area contributed by atoms with Gasteiger partial charge in [-0.05, 0) is 42.8 Å². The number of non-ortho nitro benzene ring substituents is 1. The van der Waals surface area contributed by atoms with Crippen molar-refractivity contribution in [1.82, 2.24) is 0 Å². The normalized spacial score (nSPS) is 10.3. The lowest BCUT2D eigenvalue weighted by Gasteiger charge is -2.13. The van der Waals surface area contributed by atoms with Gasteiger partial charge in [-0.2, -0.15) is 0 Å². The van der Waals surface area contributed by atoms with Crippen LogP contribution in [0.25, 0.3) is 0 Å². The van der Waals surface area contributed by atoms with E-state index in [-0.39, 0.29) is 17.2 Å². The van der Waals surface area contributed by atoms with E-state index in [4.69, 9.17) is 9.15 Å². The second-order valence-electron chi connectivity index (χ2n) is 6.48. The molecule has 0 bridgehead atoms. The Balaban J connectivity index is 1.71. The first kappa shape index (κ1) is 22.0. The Labute approximate surface area is 180 Å². The Morgan fingerprint density at radius 3 is 2.44 bits per heavy atom. The molecule has 0 saturated heterocycles. The molecule has 2 amide bonds. The second kappa shape index (κ2) is 9.38. The smallest absolute Gasteiger partial charge is 0.317 e. The van der Waals surface area contributed by atoms with Crippen LogP contribution in [-0.4, -0.2) is 28.3 Å². The van der Waals surface area contributed by atoms with Gasteiger partial charge < -0.3 is 19.8 Å². The van der Waals surface area contributed by atoms with Gasteiger partial charge in [0.05, 0.1) is 33.6 Å². The Morgan fingerprint density at radius 1 is 1.00 bits per heavy atom. The average molecular weight is 440 g/mol. The van der Waals surface area contributed by atoms with Crippen LogP contribution in [-0.2, 0) is 4.79 Å². The number of rotatable bonds is 8. The molecule has 0 fully saturated rings. The minimum atomic E-state index is -0.844. The van der Waals surface area contributed by atoms with Crippen LogP contribution >= 0.6 is 0 Å². The van der Waals surface area contributed by atoms with Crippen LogP contribution in [0.3, 0.4) is 0 Å². The molecule has 0 aliphatic heterocycles. The minimum Gasteiger partial charge on any atom is -0.477 e. The number of hydrogen-bond acceptors (Lipinski definition) is 8. The maximum Gasteiger partial charge on any atom is 0.317 e. The molecular weight excluding hydrogens is 424 g/mol. The van der Waals surface area contributed by atoms with Crippen molar-refractivity contribution in [2.45, 2.75) is 6.92 Å². The van der Waals surface area contributed by atoms with Gasteiger partial charge in [0.1, 0.15) is 0 Å². The molecule has 1 heterocycles. The number of carbonyl (C=O) groups is 2. The Morgan fingerprint density at radius 2 is 1.78 bits per heavy atom. The van der Waals surface area contributed by atoms with E-state index in [1.165, 1.54) is 12.3 Å². The fourth-order valence-electron chi connectivity index (χ4n) is 2.68. The van der Waals surface area contributed by atoms with E-state index >= 15 is 0 Å². The summed E-state index contributed by atoms with van der Waals surface area (Å²) in [7, 11) is 0. The number of aryl methyl sites for hydroxylation is 1.